The van der Waals surface area contributed by atoms with Crippen LogP contribution in [0.4, 0.5) is 10.8 Å². The Labute approximate surface area is 163 Å². The molecule has 8 heteroatoms. The summed E-state index contributed by atoms with van der Waals surface area (Å²) in [5.74, 6) is 1.11. The smallest absolute Gasteiger partial charge is 0.277 e. The first kappa shape index (κ1) is 17.1. The molecule has 0 saturated heterocycles. The number of anilines is 2. The van der Waals surface area contributed by atoms with Crippen LogP contribution in [0.15, 0.2) is 69.6 Å². The molecule has 0 fully saturated rings. The van der Waals surface area contributed by atoms with Gasteiger partial charge >= 0.3 is 0 Å². The average Bonchev–Trinajstić information content (AvgIpc) is 3.30. The van der Waals surface area contributed by atoms with Crippen molar-refractivity contribution in [3.8, 4) is 11.5 Å². The molecule has 2 aromatic heterocycles. The molecule has 130 valence electrons. The Hall–Kier alpha value is -2.35. The molecular formula is C18H13ClN4OS2. The normalized spacial score (nSPS) is 10.8. The van der Waals surface area contributed by atoms with Crippen LogP contribution in [0.2, 0.25) is 5.02 Å². The Morgan fingerprint density at radius 2 is 1.96 bits per heavy atom. The summed E-state index contributed by atoms with van der Waals surface area (Å²) in [6, 6.07) is 17.3. The van der Waals surface area contributed by atoms with Crippen molar-refractivity contribution in [2.45, 2.75) is 11.0 Å². The maximum absolute atomic E-state index is 5.99. The van der Waals surface area contributed by atoms with Crippen LogP contribution in [0.3, 0.4) is 0 Å². The highest BCUT2D eigenvalue weighted by Crippen LogP contribution is 2.28. The number of para-hydroxylation sites is 1. The molecule has 0 spiro atoms. The van der Waals surface area contributed by atoms with E-state index in [4.69, 9.17) is 16.0 Å². The first-order valence-corrected chi connectivity index (χ1v) is 9.99. The van der Waals surface area contributed by atoms with Crippen molar-refractivity contribution in [2.24, 2.45) is 0 Å². The van der Waals surface area contributed by atoms with Gasteiger partial charge in [0, 0.05) is 27.4 Å². The standard InChI is InChI=1S/C18H13ClN4OS2/c19-13-6-4-5-12(9-13)16-22-23-18(24-16)26-11-15-10-25-17(21-15)20-14-7-2-1-3-8-14/h1-10H,11H2,(H,20,21). The zero-order chi connectivity index (χ0) is 17.8. The van der Waals surface area contributed by atoms with Gasteiger partial charge in [-0.15, -0.1) is 21.5 Å². The van der Waals surface area contributed by atoms with Gasteiger partial charge in [-0.05, 0) is 30.3 Å². The average molecular weight is 401 g/mol. The third kappa shape index (κ3) is 4.24. The second-order valence-corrected chi connectivity index (χ2v) is 7.53. The van der Waals surface area contributed by atoms with Crippen LogP contribution in [0.1, 0.15) is 5.69 Å². The van der Waals surface area contributed by atoms with Gasteiger partial charge in [0.1, 0.15) is 0 Å². The number of nitrogens with zero attached hydrogens (tertiary/aromatic N) is 3. The fraction of sp³-hybridized carbons (Fsp3) is 0.0556. The molecule has 0 aliphatic heterocycles. The van der Waals surface area contributed by atoms with Gasteiger partial charge in [-0.1, -0.05) is 47.6 Å². The first-order valence-electron chi connectivity index (χ1n) is 7.75. The molecule has 0 radical (unpaired) electrons. The third-order valence-corrected chi connectivity index (χ3v) is 5.29. The summed E-state index contributed by atoms with van der Waals surface area (Å²) < 4.78 is 5.69. The quantitative estimate of drug-likeness (QED) is 0.407. The van der Waals surface area contributed by atoms with Gasteiger partial charge in [0.2, 0.25) is 5.89 Å². The molecule has 4 aromatic rings. The van der Waals surface area contributed by atoms with Crippen LogP contribution in [-0.2, 0) is 5.75 Å². The maximum atomic E-state index is 5.99. The molecule has 0 aliphatic carbocycles. The topological polar surface area (TPSA) is 63.8 Å². The Morgan fingerprint density at radius 3 is 2.81 bits per heavy atom. The fourth-order valence-corrected chi connectivity index (χ4v) is 3.90. The highest BCUT2D eigenvalue weighted by Gasteiger charge is 2.11. The zero-order valence-corrected chi connectivity index (χ0v) is 15.8. The lowest BCUT2D eigenvalue weighted by Gasteiger charge is -2.00. The summed E-state index contributed by atoms with van der Waals surface area (Å²) in [6.07, 6.45) is 0. The van der Waals surface area contributed by atoms with Gasteiger partial charge in [0.25, 0.3) is 5.22 Å². The molecule has 1 N–H and O–H groups in total. The number of hydrogen-bond donors (Lipinski definition) is 1. The molecule has 0 amide bonds. The Balaban J connectivity index is 1.38. The van der Waals surface area contributed by atoms with Gasteiger partial charge in [-0.3, -0.25) is 0 Å². The van der Waals surface area contributed by atoms with Gasteiger partial charge in [0.15, 0.2) is 5.13 Å². The SMILES string of the molecule is Clc1cccc(-c2nnc(SCc3csc(Nc4ccccc4)n3)o2)c1. The minimum Gasteiger partial charge on any atom is -0.411 e. The van der Waals surface area contributed by atoms with E-state index in [0.29, 0.717) is 21.9 Å². The molecule has 26 heavy (non-hydrogen) atoms. The molecule has 4 rings (SSSR count). The third-order valence-electron chi connectivity index (χ3n) is 3.40. The number of benzene rings is 2. The van der Waals surface area contributed by atoms with Crippen molar-refractivity contribution < 1.29 is 4.42 Å². The van der Waals surface area contributed by atoms with E-state index < -0.39 is 0 Å². The number of thioether (sulfide) groups is 1. The number of rotatable bonds is 6. The summed E-state index contributed by atoms with van der Waals surface area (Å²) in [6.45, 7) is 0. The van der Waals surface area contributed by atoms with Gasteiger partial charge < -0.3 is 9.73 Å². The molecule has 5 nitrogen and oxygen atoms in total. The van der Waals surface area contributed by atoms with Crippen LogP contribution in [0.25, 0.3) is 11.5 Å². The van der Waals surface area contributed by atoms with Crippen LogP contribution in [0, 0.1) is 0 Å². The summed E-state index contributed by atoms with van der Waals surface area (Å²) in [7, 11) is 0. The first-order chi connectivity index (χ1) is 12.8. The Kier molecular flexibility index (Phi) is 5.19. The fourth-order valence-electron chi connectivity index (χ4n) is 2.22. The predicted octanol–water partition coefficient (Wildman–Crippen LogP) is 5.88. The van der Waals surface area contributed by atoms with E-state index >= 15 is 0 Å². The summed E-state index contributed by atoms with van der Waals surface area (Å²) in [4.78, 5) is 4.58. The molecule has 2 heterocycles. The number of thiazole rings is 1. The van der Waals surface area contributed by atoms with Crippen molar-refractivity contribution in [1.82, 2.24) is 15.2 Å². The molecule has 0 unspecified atom stereocenters. The van der Waals surface area contributed by atoms with E-state index in [1.807, 2.05) is 47.8 Å². The molecular weight excluding hydrogens is 388 g/mol. The van der Waals surface area contributed by atoms with Crippen LogP contribution in [-0.4, -0.2) is 15.2 Å². The van der Waals surface area contributed by atoms with E-state index in [2.05, 4.69) is 20.5 Å². The second-order valence-electron chi connectivity index (χ2n) is 5.31. The predicted molar refractivity (Wildman–Crippen MR) is 106 cm³/mol. The van der Waals surface area contributed by atoms with Crippen molar-refractivity contribution in [3.63, 3.8) is 0 Å². The number of hydrogen-bond acceptors (Lipinski definition) is 7. The van der Waals surface area contributed by atoms with Crippen molar-refractivity contribution in [1.29, 1.82) is 0 Å². The van der Waals surface area contributed by atoms with Crippen molar-refractivity contribution >= 4 is 45.5 Å². The van der Waals surface area contributed by atoms with E-state index in [0.717, 1.165) is 22.1 Å². The van der Waals surface area contributed by atoms with Crippen LogP contribution >= 0.6 is 34.7 Å². The number of aromatic nitrogens is 3. The van der Waals surface area contributed by atoms with Crippen molar-refractivity contribution in [2.75, 3.05) is 5.32 Å². The largest absolute Gasteiger partial charge is 0.411 e. The maximum Gasteiger partial charge on any atom is 0.277 e. The van der Waals surface area contributed by atoms with Gasteiger partial charge in [-0.2, -0.15) is 0 Å². The molecule has 2 aromatic carbocycles. The van der Waals surface area contributed by atoms with Crippen LogP contribution < -0.4 is 5.32 Å². The lowest BCUT2D eigenvalue weighted by atomic mass is 10.2. The minimum atomic E-state index is 0.458. The minimum absolute atomic E-state index is 0.458. The van der Waals surface area contributed by atoms with E-state index in [9.17, 15) is 0 Å². The number of halogens is 1. The van der Waals surface area contributed by atoms with E-state index in [-0.39, 0.29) is 0 Å². The zero-order valence-electron chi connectivity index (χ0n) is 13.4. The lowest BCUT2D eigenvalue weighted by Crippen LogP contribution is -1.89. The molecule has 0 aliphatic rings. The molecule has 0 atom stereocenters. The van der Waals surface area contributed by atoms with Crippen molar-refractivity contribution in [3.05, 3.63) is 70.7 Å². The highest BCUT2D eigenvalue weighted by molar-refractivity contribution is 7.98. The lowest BCUT2D eigenvalue weighted by molar-refractivity contribution is 0.466. The summed E-state index contributed by atoms with van der Waals surface area (Å²) >= 11 is 9.02. The second kappa shape index (κ2) is 7.90. The van der Waals surface area contributed by atoms with E-state index in [1.54, 1.807) is 23.5 Å². The summed E-state index contributed by atoms with van der Waals surface area (Å²) in [5.41, 5.74) is 2.78. The monoisotopic (exact) mass is 400 g/mol. The Bertz CT molecular complexity index is 1000. The van der Waals surface area contributed by atoms with Gasteiger partial charge in [0.05, 0.1) is 5.69 Å². The number of nitrogens with one attached hydrogen (secondary N) is 1. The summed E-state index contributed by atoms with van der Waals surface area (Å²) in [5, 5.41) is 15.5. The Morgan fingerprint density at radius 1 is 1.08 bits per heavy atom. The van der Waals surface area contributed by atoms with E-state index in [1.165, 1.54) is 11.8 Å². The molecule has 0 bridgehead atoms. The van der Waals surface area contributed by atoms with Gasteiger partial charge in [-0.25, -0.2) is 4.98 Å². The highest BCUT2D eigenvalue weighted by atomic mass is 35.5. The molecule has 0 saturated carbocycles. The van der Waals surface area contributed by atoms with Crippen LogP contribution in [0.5, 0.6) is 0 Å².